The molecule has 5 nitrogen and oxygen atoms in total. The number of nitrogens with zero attached hydrogens (tertiary/aromatic N) is 1. The summed E-state index contributed by atoms with van der Waals surface area (Å²) in [7, 11) is -8.64. The molecule has 146 valence electrons. The minimum absolute atomic E-state index is 0.238. The molecule has 2 rings (SSSR count). The first-order valence-electron chi connectivity index (χ1n) is 8.02. The normalized spacial score (nSPS) is 15.1. The summed E-state index contributed by atoms with van der Waals surface area (Å²) in [6.45, 7) is 3.34. The standard InChI is InChI=1S/C18H19BrFNO4S2/c1-14(2)12-26(22,23)21-13-18(20,15-7-6-8-16(19)11-15)27(24,25)17-9-4-3-5-10-17/h3-11,13-14H,12H2,1-2H3. The molecular weight excluding hydrogens is 457 g/mol. The van der Waals surface area contributed by atoms with E-state index in [0.717, 1.165) is 0 Å². The summed E-state index contributed by atoms with van der Waals surface area (Å²) in [5, 5.41) is -3.15. The highest BCUT2D eigenvalue weighted by Crippen LogP contribution is 2.37. The van der Waals surface area contributed by atoms with Crippen molar-refractivity contribution in [3.05, 3.63) is 64.6 Å². The second-order valence-corrected chi connectivity index (χ2v) is 11.0. The van der Waals surface area contributed by atoms with Crippen LogP contribution in [0.1, 0.15) is 19.4 Å². The number of halogens is 2. The van der Waals surface area contributed by atoms with Gasteiger partial charge in [-0.15, -0.1) is 0 Å². The Morgan fingerprint density at radius 1 is 1.07 bits per heavy atom. The van der Waals surface area contributed by atoms with Gasteiger partial charge in [0.15, 0.2) is 0 Å². The van der Waals surface area contributed by atoms with Crippen LogP contribution in [-0.4, -0.2) is 28.8 Å². The zero-order valence-electron chi connectivity index (χ0n) is 14.7. The third kappa shape index (κ3) is 5.03. The van der Waals surface area contributed by atoms with Crippen LogP contribution in [0.5, 0.6) is 0 Å². The lowest BCUT2D eigenvalue weighted by molar-refractivity contribution is 0.368. The fourth-order valence-electron chi connectivity index (χ4n) is 2.38. The summed E-state index contributed by atoms with van der Waals surface area (Å²) >= 11 is 3.18. The van der Waals surface area contributed by atoms with Crippen LogP contribution in [0.4, 0.5) is 4.39 Å². The Labute approximate surface area is 167 Å². The van der Waals surface area contributed by atoms with E-state index in [1.54, 1.807) is 26.0 Å². The minimum Gasteiger partial charge on any atom is -0.220 e. The average molecular weight is 476 g/mol. The predicted octanol–water partition coefficient (Wildman–Crippen LogP) is 4.10. The Hall–Kier alpha value is -1.58. The van der Waals surface area contributed by atoms with Gasteiger partial charge in [-0.2, -0.15) is 4.40 Å². The number of rotatable bonds is 7. The minimum atomic E-state index is -4.62. The van der Waals surface area contributed by atoms with E-state index in [-0.39, 0.29) is 22.1 Å². The van der Waals surface area contributed by atoms with Gasteiger partial charge in [0.2, 0.25) is 9.84 Å². The summed E-state index contributed by atoms with van der Waals surface area (Å²) in [5.74, 6) is -0.554. The van der Waals surface area contributed by atoms with Gasteiger partial charge in [0.05, 0.1) is 16.9 Å². The average Bonchev–Trinajstić information content (AvgIpc) is 2.59. The van der Waals surface area contributed by atoms with Crippen LogP contribution < -0.4 is 0 Å². The maximum atomic E-state index is 16.0. The van der Waals surface area contributed by atoms with E-state index < -0.39 is 24.9 Å². The fraction of sp³-hybridized carbons (Fsp3) is 0.278. The van der Waals surface area contributed by atoms with E-state index in [1.807, 2.05) is 0 Å². The summed E-state index contributed by atoms with van der Waals surface area (Å²) in [6.07, 6.45) is 0.370. The van der Waals surface area contributed by atoms with E-state index in [4.69, 9.17) is 0 Å². The van der Waals surface area contributed by atoms with Crippen LogP contribution in [0.25, 0.3) is 0 Å². The van der Waals surface area contributed by atoms with Crippen molar-refractivity contribution in [3.8, 4) is 0 Å². The summed E-state index contributed by atoms with van der Waals surface area (Å²) in [5.41, 5.74) is -0.246. The van der Waals surface area contributed by atoms with Gasteiger partial charge in [0.1, 0.15) is 0 Å². The number of sulfonamides is 1. The van der Waals surface area contributed by atoms with Gasteiger partial charge < -0.3 is 0 Å². The van der Waals surface area contributed by atoms with Crippen molar-refractivity contribution in [2.45, 2.75) is 23.7 Å². The highest BCUT2D eigenvalue weighted by Gasteiger charge is 2.46. The molecule has 0 N–H and O–H groups in total. The maximum Gasteiger partial charge on any atom is 0.275 e. The Balaban J connectivity index is 2.67. The first-order chi connectivity index (χ1) is 12.5. The molecule has 0 aliphatic heterocycles. The van der Waals surface area contributed by atoms with Crippen LogP contribution >= 0.6 is 15.9 Å². The molecule has 0 saturated carbocycles. The monoisotopic (exact) mass is 475 g/mol. The van der Waals surface area contributed by atoms with Gasteiger partial charge in [-0.05, 0) is 30.2 Å². The van der Waals surface area contributed by atoms with Crippen LogP contribution in [0.2, 0.25) is 0 Å². The van der Waals surface area contributed by atoms with Crippen LogP contribution in [-0.2, 0) is 24.9 Å². The predicted molar refractivity (Wildman–Crippen MR) is 108 cm³/mol. The molecule has 9 heteroatoms. The number of alkyl halides is 1. The highest BCUT2D eigenvalue weighted by molar-refractivity contribution is 9.10. The van der Waals surface area contributed by atoms with E-state index >= 15 is 4.39 Å². The lowest BCUT2D eigenvalue weighted by Gasteiger charge is -2.22. The molecule has 27 heavy (non-hydrogen) atoms. The van der Waals surface area contributed by atoms with Crippen LogP contribution in [0.15, 0.2) is 68.4 Å². The maximum absolute atomic E-state index is 16.0. The third-order valence-electron chi connectivity index (χ3n) is 3.59. The molecule has 0 spiro atoms. The Kier molecular flexibility index (Phi) is 6.59. The topological polar surface area (TPSA) is 80.6 Å². The van der Waals surface area contributed by atoms with Gasteiger partial charge in [-0.25, -0.2) is 21.2 Å². The van der Waals surface area contributed by atoms with Crippen molar-refractivity contribution in [1.82, 2.24) is 0 Å². The molecule has 0 aliphatic rings. The lowest BCUT2D eigenvalue weighted by Crippen LogP contribution is -2.33. The SMILES string of the molecule is CC(C)CS(=O)(=O)N=CC(F)(c1cccc(Br)c1)S(=O)(=O)c1ccccc1. The highest BCUT2D eigenvalue weighted by atomic mass is 79.9. The Bertz CT molecular complexity index is 1040. The van der Waals surface area contributed by atoms with E-state index in [0.29, 0.717) is 10.7 Å². The first-order valence-corrected chi connectivity index (χ1v) is 11.9. The Morgan fingerprint density at radius 3 is 2.26 bits per heavy atom. The quantitative estimate of drug-likeness (QED) is 0.564. The van der Waals surface area contributed by atoms with Gasteiger partial charge in [0, 0.05) is 10.0 Å². The molecule has 0 saturated heterocycles. The smallest absolute Gasteiger partial charge is 0.220 e. The summed E-state index contributed by atoms with van der Waals surface area (Å²) < 4.78 is 70.0. The number of hydrogen-bond donors (Lipinski definition) is 0. The molecule has 0 radical (unpaired) electrons. The summed E-state index contributed by atoms with van der Waals surface area (Å²) in [6, 6.07) is 12.6. The van der Waals surface area contributed by atoms with Crippen molar-refractivity contribution < 1.29 is 21.2 Å². The number of benzene rings is 2. The number of sulfone groups is 1. The van der Waals surface area contributed by atoms with Crippen molar-refractivity contribution >= 4 is 42.0 Å². The second kappa shape index (κ2) is 8.20. The molecule has 1 atom stereocenters. The molecule has 0 aliphatic carbocycles. The van der Waals surface area contributed by atoms with E-state index in [9.17, 15) is 16.8 Å². The third-order valence-corrected chi connectivity index (χ3v) is 7.61. The van der Waals surface area contributed by atoms with Crippen molar-refractivity contribution in [2.75, 3.05) is 5.75 Å². The molecule has 2 aromatic rings. The molecule has 0 bridgehead atoms. The molecular formula is C18H19BrFNO4S2. The molecule has 2 aromatic carbocycles. The largest absolute Gasteiger partial charge is 0.275 e. The number of hydrogen-bond acceptors (Lipinski definition) is 4. The molecule has 0 aromatic heterocycles. The van der Waals surface area contributed by atoms with E-state index in [1.165, 1.54) is 42.5 Å². The lowest BCUT2D eigenvalue weighted by atomic mass is 10.1. The molecule has 1 unspecified atom stereocenters. The molecule has 0 heterocycles. The van der Waals surface area contributed by atoms with Gasteiger partial charge in [0.25, 0.3) is 15.0 Å². The second-order valence-electron chi connectivity index (χ2n) is 6.35. The molecule has 0 amide bonds. The van der Waals surface area contributed by atoms with Gasteiger partial charge >= 0.3 is 0 Å². The van der Waals surface area contributed by atoms with Crippen molar-refractivity contribution in [2.24, 2.45) is 10.3 Å². The first kappa shape index (κ1) is 21.7. The zero-order valence-corrected chi connectivity index (χ0v) is 17.9. The zero-order chi connectivity index (χ0) is 20.3. The van der Waals surface area contributed by atoms with Gasteiger partial charge in [-0.1, -0.05) is 60.1 Å². The molecule has 0 fully saturated rings. The summed E-state index contributed by atoms with van der Waals surface area (Å²) in [4.78, 5) is -0.278. The van der Waals surface area contributed by atoms with Crippen LogP contribution in [0.3, 0.4) is 0 Å². The fourth-order valence-corrected chi connectivity index (χ4v) is 5.57. The van der Waals surface area contributed by atoms with Crippen LogP contribution in [0, 0.1) is 5.92 Å². The van der Waals surface area contributed by atoms with Crippen molar-refractivity contribution in [3.63, 3.8) is 0 Å². The Morgan fingerprint density at radius 2 is 1.70 bits per heavy atom. The van der Waals surface area contributed by atoms with E-state index in [2.05, 4.69) is 20.3 Å². The van der Waals surface area contributed by atoms with Gasteiger partial charge in [-0.3, -0.25) is 0 Å². The van der Waals surface area contributed by atoms with Crippen molar-refractivity contribution in [1.29, 1.82) is 0 Å².